The first-order valence-electron chi connectivity index (χ1n) is 5.45. The lowest BCUT2D eigenvalue weighted by Gasteiger charge is -2.06. The zero-order valence-corrected chi connectivity index (χ0v) is 12.2. The zero-order chi connectivity index (χ0) is 13.1. The number of nitrogen functional groups attached to an aromatic ring is 1. The molecule has 0 bridgehead atoms. The fourth-order valence-electron chi connectivity index (χ4n) is 1.59. The van der Waals surface area contributed by atoms with E-state index in [-0.39, 0.29) is 5.91 Å². The van der Waals surface area contributed by atoms with Gasteiger partial charge in [0.15, 0.2) is 0 Å². The van der Waals surface area contributed by atoms with Gasteiger partial charge in [-0.05, 0) is 35.0 Å². The number of aromatic nitrogens is 2. The SMILES string of the molecule is CCn1ncc(N)c1C(=O)NCc1ccc(Br)s1. The summed E-state index contributed by atoms with van der Waals surface area (Å²) in [4.78, 5) is 13.1. The van der Waals surface area contributed by atoms with E-state index in [1.54, 1.807) is 16.0 Å². The van der Waals surface area contributed by atoms with Crippen LogP contribution >= 0.6 is 27.3 Å². The van der Waals surface area contributed by atoms with E-state index in [4.69, 9.17) is 5.73 Å². The summed E-state index contributed by atoms with van der Waals surface area (Å²) < 4.78 is 2.64. The van der Waals surface area contributed by atoms with Crippen molar-refractivity contribution in [3.63, 3.8) is 0 Å². The number of aryl methyl sites for hydroxylation is 1. The summed E-state index contributed by atoms with van der Waals surface area (Å²) in [5, 5.41) is 6.88. The van der Waals surface area contributed by atoms with Gasteiger partial charge in [-0.2, -0.15) is 5.10 Å². The van der Waals surface area contributed by atoms with Crippen LogP contribution in [-0.2, 0) is 13.1 Å². The molecule has 18 heavy (non-hydrogen) atoms. The number of nitrogens with two attached hydrogens (primary N) is 1. The maximum atomic E-state index is 12.0. The summed E-state index contributed by atoms with van der Waals surface area (Å²) in [6.45, 7) is 3.02. The van der Waals surface area contributed by atoms with Gasteiger partial charge in [-0.3, -0.25) is 9.48 Å². The van der Waals surface area contributed by atoms with E-state index in [0.29, 0.717) is 24.5 Å². The lowest BCUT2D eigenvalue weighted by molar-refractivity contribution is 0.0941. The average Bonchev–Trinajstić information content (AvgIpc) is 2.92. The lowest BCUT2D eigenvalue weighted by atomic mass is 10.3. The molecular formula is C11H13BrN4OS. The number of nitrogens with zero attached hydrogens (tertiary/aromatic N) is 2. The van der Waals surface area contributed by atoms with Gasteiger partial charge in [-0.25, -0.2) is 0 Å². The molecule has 2 aromatic rings. The predicted molar refractivity (Wildman–Crippen MR) is 75.5 cm³/mol. The van der Waals surface area contributed by atoms with Crippen molar-refractivity contribution in [3.05, 3.63) is 32.7 Å². The predicted octanol–water partition coefficient (Wildman–Crippen LogP) is 2.24. The van der Waals surface area contributed by atoms with E-state index < -0.39 is 0 Å². The molecule has 0 spiro atoms. The van der Waals surface area contributed by atoms with Crippen LogP contribution in [0.3, 0.4) is 0 Å². The number of hydrogen-bond donors (Lipinski definition) is 2. The molecule has 2 aromatic heterocycles. The summed E-state index contributed by atoms with van der Waals surface area (Å²) in [6, 6.07) is 3.92. The number of amides is 1. The second-order valence-corrected chi connectivity index (χ2v) is 6.20. The smallest absolute Gasteiger partial charge is 0.271 e. The van der Waals surface area contributed by atoms with E-state index in [1.807, 2.05) is 19.1 Å². The van der Waals surface area contributed by atoms with Gasteiger partial charge in [0, 0.05) is 11.4 Å². The number of thiophene rings is 1. The van der Waals surface area contributed by atoms with Gasteiger partial charge in [-0.15, -0.1) is 11.3 Å². The standard InChI is InChI=1S/C11H13BrN4OS/c1-2-16-10(8(13)6-15-16)11(17)14-5-7-3-4-9(12)18-7/h3-4,6H,2,5,13H2,1H3,(H,14,17). The van der Waals surface area contributed by atoms with E-state index in [0.717, 1.165) is 8.66 Å². The van der Waals surface area contributed by atoms with Crippen molar-refractivity contribution in [1.82, 2.24) is 15.1 Å². The summed E-state index contributed by atoms with van der Waals surface area (Å²) in [5.74, 6) is -0.198. The van der Waals surface area contributed by atoms with Crippen LogP contribution in [-0.4, -0.2) is 15.7 Å². The zero-order valence-electron chi connectivity index (χ0n) is 9.81. The number of nitrogens with one attached hydrogen (secondary N) is 1. The van der Waals surface area contributed by atoms with Crippen molar-refractivity contribution in [2.75, 3.05) is 5.73 Å². The van der Waals surface area contributed by atoms with Gasteiger partial charge >= 0.3 is 0 Å². The van der Waals surface area contributed by atoms with Crippen LogP contribution in [0.1, 0.15) is 22.3 Å². The van der Waals surface area contributed by atoms with E-state index in [9.17, 15) is 4.79 Å². The number of anilines is 1. The molecule has 0 saturated heterocycles. The molecule has 0 saturated carbocycles. The van der Waals surface area contributed by atoms with E-state index in [1.165, 1.54) is 6.20 Å². The largest absolute Gasteiger partial charge is 0.396 e. The van der Waals surface area contributed by atoms with Gasteiger partial charge in [-0.1, -0.05) is 0 Å². The second kappa shape index (κ2) is 5.53. The van der Waals surface area contributed by atoms with E-state index in [2.05, 4.69) is 26.3 Å². The molecule has 5 nitrogen and oxygen atoms in total. The van der Waals surface area contributed by atoms with Gasteiger partial charge in [0.2, 0.25) is 0 Å². The van der Waals surface area contributed by atoms with Crippen LogP contribution < -0.4 is 11.1 Å². The summed E-state index contributed by atoms with van der Waals surface area (Å²) in [5.41, 5.74) is 6.57. The highest BCUT2D eigenvalue weighted by Crippen LogP contribution is 2.22. The monoisotopic (exact) mass is 328 g/mol. The Balaban J connectivity index is 2.05. The van der Waals surface area contributed by atoms with Crippen molar-refractivity contribution in [2.24, 2.45) is 0 Å². The Kier molecular flexibility index (Phi) is 4.03. The first-order valence-corrected chi connectivity index (χ1v) is 7.06. The van der Waals surface area contributed by atoms with Crippen LogP contribution in [0.5, 0.6) is 0 Å². The summed E-state index contributed by atoms with van der Waals surface area (Å²) in [6.07, 6.45) is 1.50. The van der Waals surface area contributed by atoms with Gasteiger partial charge in [0.05, 0.1) is 22.2 Å². The average molecular weight is 329 g/mol. The Labute approximate surface area is 117 Å². The second-order valence-electron chi connectivity index (χ2n) is 3.65. The lowest BCUT2D eigenvalue weighted by Crippen LogP contribution is -2.26. The number of rotatable bonds is 4. The number of carbonyl (C=O) groups excluding carboxylic acids is 1. The topological polar surface area (TPSA) is 72.9 Å². The molecule has 7 heteroatoms. The fraction of sp³-hybridized carbons (Fsp3) is 0.273. The maximum absolute atomic E-state index is 12.0. The van der Waals surface area contributed by atoms with Gasteiger partial charge in [0.25, 0.3) is 5.91 Å². The Morgan fingerprint density at radius 1 is 1.61 bits per heavy atom. The normalized spacial score (nSPS) is 10.6. The van der Waals surface area contributed by atoms with Gasteiger partial charge < -0.3 is 11.1 Å². The Morgan fingerprint density at radius 2 is 2.39 bits per heavy atom. The fourth-order valence-corrected chi connectivity index (χ4v) is 3.01. The van der Waals surface area contributed by atoms with Crippen molar-refractivity contribution in [3.8, 4) is 0 Å². The van der Waals surface area contributed by atoms with E-state index >= 15 is 0 Å². The summed E-state index contributed by atoms with van der Waals surface area (Å²) in [7, 11) is 0. The molecule has 0 radical (unpaired) electrons. The first-order chi connectivity index (χ1) is 8.61. The van der Waals surface area contributed by atoms with Crippen LogP contribution in [0, 0.1) is 0 Å². The highest BCUT2D eigenvalue weighted by atomic mass is 79.9. The molecule has 0 unspecified atom stereocenters. The minimum absolute atomic E-state index is 0.198. The van der Waals surface area contributed by atoms with Crippen molar-refractivity contribution >= 4 is 38.9 Å². The number of carbonyl (C=O) groups is 1. The summed E-state index contributed by atoms with van der Waals surface area (Å²) >= 11 is 4.97. The third kappa shape index (κ3) is 2.73. The molecule has 96 valence electrons. The Bertz CT molecular complexity index is 563. The molecule has 0 aromatic carbocycles. The van der Waals surface area contributed by atoms with Crippen molar-refractivity contribution in [1.29, 1.82) is 0 Å². The maximum Gasteiger partial charge on any atom is 0.271 e. The molecule has 0 aliphatic carbocycles. The number of halogens is 1. The molecule has 0 aliphatic heterocycles. The molecule has 0 atom stereocenters. The van der Waals surface area contributed by atoms with Crippen molar-refractivity contribution < 1.29 is 4.79 Å². The number of hydrogen-bond acceptors (Lipinski definition) is 4. The molecule has 1 amide bonds. The quantitative estimate of drug-likeness (QED) is 0.903. The van der Waals surface area contributed by atoms with Crippen molar-refractivity contribution in [2.45, 2.75) is 20.0 Å². The minimum Gasteiger partial charge on any atom is -0.396 e. The van der Waals surface area contributed by atoms with Crippen LogP contribution in [0.15, 0.2) is 22.1 Å². The first kappa shape index (κ1) is 13.1. The Hall–Kier alpha value is -1.34. The highest BCUT2D eigenvalue weighted by molar-refractivity contribution is 9.11. The third-order valence-corrected chi connectivity index (χ3v) is 4.06. The molecule has 0 aliphatic rings. The molecule has 0 fully saturated rings. The molecule has 2 rings (SSSR count). The van der Waals surface area contributed by atoms with Gasteiger partial charge in [0.1, 0.15) is 5.69 Å². The minimum atomic E-state index is -0.198. The third-order valence-electron chi connectivity index (χ3n) is 2.43. The molecule has 3 N–H and O–H groups in total. The molecule has 2 heterocycles. The Morgan fingerprint density at radius 3 is 3.00 bits per heavy atom. The molecular weight excluding hydrogens is 316 g/mol. The highest BCUT2D eigenvalue weighted by Gasteiger charge is 2.15. The van der Waals surface area contributed by atoms with Crippen LogP contribution in [0.25, 0.3) is 0 Å². The van der Waals surface area contributed by atoms with Crippen LogP contribution in [0.4, 0.5) is 5.69 Å². The van der Waals surface area contributed by atoms with Crippen LogP contribution in [0.2, 0.25) is 0 Å².